The van der Waals surface area contributed by atoms with Gasteiger partial charge < -0.3 is 4.74 Å². The molecular weight excluding hydrogens is 240 g/mol. The van der Waals surface area contributed by atoms with Gasteiger partial charge in [0.15, 0.2) is 0 Å². The third-order valence-corrected chi connectivity index (χ3v) is 6.94. The van der Waals surface area contributed by atoms with E-state index in [1.54, 1.807) is 0 Å². The molecule has 2 bridgehead atoms. The van der Waals surface area contributed by atoms with Gasteiger partial charge in [-0.1, -0.05) is 34.1 Å². The van der Waals surface area contributed by atoms with Gasteiger partial charge in [-0.25, -0.2) is 0 Å². The number of unbranched alkanes of at least 4 members (excludes halogenated alkanes) is 1. The second kappa shape index (κ2) is 5.75. The predicted octanol–water partition coefficient (Wildman–Crippen LogP) is 4.75. The summed E-state index contributed by atoms with van der Waals surface area (Å²) in [6.07, 6.45) is 7.29. The van der Waals surface area contributed by atoms with Crippen LogP contribution >= 0.6 is 11.8 Å². The van der Waals surface area contributed by atoms with E-state index in [0.717, 1.165) is 12.5 Å². The molecule has 1 nitrogen and oxygen atoms in total. The second-order valence-electron chi connectivity index (χ2n) is 6.94. The van der Waals surface area contributed by atoms with Crippen LogP contribution in [0.25, 0.3) is 0 Å². The van der Waals surface area contributed by atoms with E-state index in [1.165, 1.54) is 43.6 Å². The fourth-order valence-electron chi connectivity index (χ4n) is 3.98. The fourth-order valence-corrected chi connectivity index (χ4v) is 4.89. The van der Waals surface area contributed by atoms with Crippen molar-refractivity contribution in [2.24, 2.45) is 16.7 Å². The van der Waals surface area contributed by atoms with Gasteiger partial charge in [-0.2, -0.15) is 11.8 Å². The first-order chi connectivity index (χ1) is 8.52. The molecule has 2 aliphatic rings. The molecule has 18 heavy (non-hydrogen) atoms. The Morgan fingerprint density at radius 2 is 2.00 bits per heavy atom. The molecule has 0 aromatic heterocycles. The SMILES string of the molecule is CCCCSCCOC1CC2CCC1(C)C2(C)C. The zero-order valence-corrected chi connectivity index (χ0v) is 13.4. The molecule has 0 aromatic carbocycles. The summed E-state index contributed by atoms with van der Waals surface area (Å²) >= 11 is 2.06. The number of thioether (sulfide) groups is 1. The quantitative estimate of drug-likeness (QED) is 0.617. The van der Waals surface area contributed by atoms with E-state index >= 15 is 0 Å². The standard InChI is InChI=1S/C16H30OS/c1-5-6-10-18-11-9-17-14-12-13-7-8-16(14,4)15(13,2)3/h13-14H,5-12H2,1-4H3. The third kappa shape index (κ3) is 2.47. The van der Waals surface area contributed by atoms with Crippen LogP contribution in [0.1, 0.15) is 59.8 Å². The van der Waals surface area contributed by atoms with Crippen molar-refractivity contribution in [3.05, 3.63) is 0 Å². The van der Waals surface area contributed by atoms with E-state index in [-0.39, 0.29) is 0 Å². The van der Waals surface area contributed by atoms with Crippen LogP contribution in [-0.2, 0) is 4.74 Å². The van der Waals surface area contributed by atoms with Crippen molar-refractivity contribution in [2.45, 2.75) is 65.9 Å². The Kier molecular flexibility index (Phi) is 4.70. The highest BCUT2D eigenvalue weighted by molar-refractivity contribution is 7.99. The van der Waals surface area contributed by atoms with E-state index in [0.29, 0.717) is 16.9 Å². The maximum absolute atomic E-state index is 6.23. The number of rotatable bonds is 7. The summed E-state index contributed by atoms with van der Waals surface area (Å²) in [4.78, 5) is 0. The van der Waals surface area contributed by atoms with Crippen molar-refractivity contribution in [3.63, 3.8) is 0 Å². The lowest BCUT2D eigenvalue weighted by Crippen LogP contribution is -2.37. The van der Waals surface area contributed by atoms with Crippen molar-refractivity contribution in [1.29, 1.82) is 0 Å². The van der Waals surface area contributed by atoms with E-state index in [1.807, 2.05) is 0 Å². The van der Waals surface area contributed by atoms with Crippen LogP contribution in [0, 0.1) is 16.7 Å². The topological polar surface area (TPSA) is 9.23 Å². The largest absolute Gasteiger partial charge is 0.377 e. The molecule has 3 atom stereocenters. The van der Waals surface area contributed by atoms with Gasteiger partial charge in [0.05, 0.1) is 12.7 Å². The molecule has 0 amide bonds. The number of fused-ring (bicyclic) bond motifs is 2. The first kappa shape index (κ1) is 14.7. The first-order valence-electron chi connectivity index (χ1n) is 7.71. The summed E-state index contributed by atoms with van der Waals surface area (Å²) in [6, 6.07) is 0. The minimum Gasteiger partial charge on any atom is -0.377 e. The van der Waals surface area contributed by atoms with Crippen molar-refractivity contribution in [1.82, 2.24) is 0 Å². The van der Waals surface area contributed by atoms with Gasteiger partial charge in [-0.05, 0) is 48.2 Å². The smallest absolute Gasteiger partial charge is 0.0637 e. The Bertz CT molecular complexity index is 276. The zero-order valence-electron chi connectivity index (χ0n) is 12.6. The Labute approximate surface area is 117 Å². The predicted molar refractivity (Wildman–Crippen MR) is 81.2 cm³/mol. The van der Waals surface area contributed by atoms with Gasteiger partial charge in [0.2, 0.25) is 0 Å². The van der Waals surface area contributed by atoms with Crippen LogP contribution in [0.3, 0.4) is 0 Å². The summed E-state index contributed by atoms with van der Waals surface area (Å²) in [6.45, 7) is 10.6. The summed E-state index contributed by atoms with van der Waals surface area (Å²) in [5.41, 5.74) is 0.929. The molecule has 0 aliphatic heterocycles. The minimum absolute atomic E-state index is 0.436. The van der Waals surface area contributed by atoms with Crippen LogP contribution in [0.2, 0.25) is 0 Å². The average Bonchev–Trinajstić information content (AvgIpc) is 2.66. The third-order valence-electron chi connectivity index (χ3n) is 5.90. The van der Waals surface area contributed by atoms with E-state index in [4.69, 9.17) is 4.74 Å². The number of ether oxygens (including phenoxy) is 1. The highest BCUT2D eigenvalue weighted by Crippen LogP contribution is 2.66. The van der Waals surface area contributed by atoms with E-state index < -0.39 is 0 Å². The lowest BCUT2D eigenvalue weighted by molar-refractivity contribution is -0.0402. The van der Waals surface area contributed by atoms with Gasteiger partial charge in [-0.15, -0.1) is 0 Å². The Hall–Kier alpha value is 0.310. The molecule has 2 rings (SSSR count). The van der Waals surface area contributed by atoms with Crippen LogP contribution in [0.4, 0.5) is 0 Å². The highest BCUT2D eigenvalue weighted by Gasteiger charge is 2.61. The van der Waals surface area contributed by atoms with Crippen molar-refractivity contribution in [2.75, 3.05) is 18.1 Å². The number of hydrogen-bond donors (Lipinski definition) is 0. The molecule has 106 valence electrons. The molecule has 0 aromatic rings. The molecule has 0 heterocycles. The zero-order chi connectivity index (χ0) is 13.2. The van der Waals surface area contributed by atoms with Crippen LogP contribution in [-0.4, -0.2) is 24.2 Å². The van der Waals surface area contributed by atoms with Gasteiger partial charge in [0, 0.05) is 5.75 Å². The number of hydrogen-bond acceptors (Lipinski definition) is 2. The molecule has 2 saturated carbocycles. The summed E-state index contributed by atoms with van der Waals surface area (Å²) in [7, 11) is 0. The van der Waals surface area contributed by atoms with Crippen LogP contribution < -0.4 is 0 Å². The molecule has 0 N–H and O–H groups in total. The van der Waals surface area contributed by atoms with Gasteiger partial charge >= 0.3 is 0 Å². The molecule has 2 aliphatic carbocycles. The van der Waals surface area contributed by atoms with Gasteiger partial charge in [0.25, 0.3) is 0 Å². The fraction of sp³-hybridized carbons (Fsp3) is 1.00. The van der Waals surface area contributed by atoms with Crippen molar-refractivity contribution in [3.8, 4) is 0 Å². The van der Waals surface area contributed by atoms with Crippen molar-refractivity contribution >= 4 is 11.8 Å². The maximum atomic E-state index is 6.23. The minimum atomic E-state index is 0.436. The van der Waals surface area contributed by atoms with E-state index in [9.17, 15) is 0 Å². The monoisotopic (exact) mass is 270 g/mol. The maximum Gasteiger partial charge on any atom is 0.0637 e. The average molecular weight is 270 g/mol. The Balaban J connectivity index is 1.72. The lowest BCUT2D eigenvalue weighted by Gasteiger charge is -2.38. The Morgan fingerprint density at radius 1 is 1.22 bits per heavy atom. The first-order valence-corrected chi connectivity index (χ1v) is 8.87. The molecule has 0 saturated heterocycles. The molecule has 0 spiro atoms. The molecule has 3 unspecified atom stereocenters. The van der Waals surface area contributed by atoms with Crippen molar-refractivity contribution < 1.29 is 4.74 Å². The summed E-state index contributed by atoms with van der Waals surface area (Å²) in [5, 5.41) is 0. The molecule has 2 heteroatoms. The highest BCUT2D eigenvalue weighted by atomic mass is 32.2. The summed E-state index contributed by atoms with van der Waals surface area (Å²) in [5.74, 6) is 3.38. The van der Waals surface area contributed by atoms with Gasteiger partial charge in [-0.3, -0.25) is 0 Å². The Morgan fingerprint density at radius 3 is 2.56 bits per heavy atom. The second-order valence-corrected chi connectivity index (χ2v) is 8.16. The van der Waals surface area contributed by atoms with Crippen LogP contribution in [0.15, 0.2) is 0 Å². The van der Waals surface area contributed by atoms with E-state index in [2.05, 4.69) is 39.5 Å². The molecule has 2 fully saturated rings. The molecule has 0 radical (unpaired) electrons. The lowest BCUT2D eigenvalue weighted by atomic mass is 9.70. The normalized spacial score (nSPS) is 37.3. The van der Waals surface area contributed by atoms with Crippen LogP contribution in [0.5, 0.6) is 0 Å². The summed E-state index contributed by atoms with van der Waals surface area (Å²) < 4.78 is 6.23. The van der Waals surface area contributed by atoms with Gasteiger partial charge in [0.1, 0.15) is 0 Å². The molecular formula is C16H30OS.